The Morgan fingerprint density at radius 3 is 2.15 bits per heavy atom. The van der Waals surface area contributed by atoms with Crippen molar-refractivity contribution in [2.45, 2.75) is 24.8 Å². The van der Waals surface area contributed by atoms with Gasteiger partial charge in [-0.05, 0) is 13.3 Å². The van der Waals surface area contributed by atoms with Gasteiger partial charge in [-0.3, -0.25) is 0 Å². The molecule has 0 aliphatic carbocycles. The van der Waals surface area contributed by atoms with E-state index in [2.05, 4.69) is 6.58 Å². The summed E-state index contributed by atoms with van der Waals surface area (Å²) in [5.41, 5.74) is 0. The summed E-state index contributed by atoms with van der Waals surface area (Å²) in [6.07, 6.45) is 0.767. The fourth-order valence-electron chi connectivity index (χ4n) is 0.365. The van der Waals surface area contributed by atoms with Crippen LogP contribution in [-0.2, 0) is 4.79 Å². The normalized spacial score (nSPS) is 13.5. The lowest BCUT2D eigenvalue weighted by molar-refractivity contribution is -0.131. The van der Waals surface area contributed by atoms with E-state index in [-0.39, 0.29) is 12.0 Å². The zero-order valence-corrected chi connectivity index (χ0v) is 8.24. The number of rotatable bonds is 4. The highest BCUT2D eigenvalue weighted by Gasteiger charge is 2.08. The number of carboxylic acid groups (broad SMARTS) is 1. The number of aliphatic hydroxyl groups is 2. The quantitative estimate of drug-likeness (QED) is 0.470. The molecule has 0 spiro atoms. The van der Waals surface area contributed by atoms with Crippen molar-refractivity contribution in [1.82, 2.24) is 0 Å². The van der Waals surface area contributed by atoms with E-state index in [9.17, 15) is 4.79 Å². The second-order valence-corrected chi connectivity index (χ2v) is 2.87. The SMILES string of the molecule is C=CC(=O)O.CC(O)C(Cl)CCO. The molecule has 0 fully saturated rings. The highest BCUT2D eigenvalue weighted by molar-refractivity contribution is 6.20. The number of aliphatic hydroxyl groups excluding tert-OH is 2. The number of alkyl halides is 1. The first-order valence-electron chi connectivity index (χ1n) is 3.74. The molecule has 0 aliphatic heterocycles. The molecule has 2 unspecified atom stereocenters. The van der Waals surface area contributed by atoms with Gasteiger partial charge in [0.25, 0.3) is 0 Å². The Hall–Kier alpha value is -0.580. The predicted molar refractivity (Wildman–Crippen MR) is 50.9 cm³/mol. The lowest BCUT2D eigenvalue weighted by Crippen LogP contribution is -2.17. The van der Waals surface area contributed by atoms with Crippen LogP contribution in [0.3, 0.4) is 0 Å². The van der Waals surface area contributed by atoms with E-state index in [1.165, 1.54) is 0 Å². The molecule has 0 bridgehead atoms. The molecule has 0 heterocycles. The molecule has 0 saturated heterocycles. The molecule has 0 aliphatic rings. The Morgan fingerprint density at radius 2 is 2.08 bits per heavy atom. The van der Waals surface area contributed by atoms with Gasteiger partial charge in [-0.1, -0.05) is 6.58 Å². The van der Waals surface area contributed by atoms with Crippen LogP contribution in [0.1, 0.15) is 13.3 Å². The van der Waals surface area contributed by atoms with Crippen LogP contribution in [0.2, 0.25) is 0 Å². The topological polar surface area (TPSA) is 77.8 Å². The summed E-state index contributed by atoms with van der Waals surface area (Å²) in [6, 6.07) is 0. The lowest BCUT2D eigenvalue weighted by atomic mass is 10.2. The van der Waals surface area contributed by atoms with Crippen LogP contribution in [0.15, 0.2) is 12.7 Å². The van der Waals surface area contributed by atoms with E-state index >= 15 is 0 Å². The molecule has 5 heteroatoms. The molecule has 0 radical (unpaired) electrons. The van der Waals surface area contributed by atoms with Crippen molar-refractivity contribution >= 4 is 17.6 Å². The van der Waals surface area contributed by atoms with E-state index in [4.69, 9.17) is 26.9 Å². The van der Waals surface area contributed by atoms with Crippen LogP contribution in [0, 0.1) is 0 Å². The second-order valence-electron chi connectivity index (χ2n) is 2.31. The van der Waals surface area contributed by atoms with Gasteiger partial charge in [-0.25, -0.2) is 4.79 Å². The van der Waals surface area contributed by atoms with Crippen LogP contribution in [0.5, 0.6) is 0 Å². The first-order valence-corrected chi connectivity index (χ1v) is 4.17. The van der Waals surface area contributed by atoms with E-state index < -0.39 is 12.1 Å². The van der Waals surface area contributed by atoms with Gasteiger partial charge in [-0.2, -0.15) is 0 Å². The minimum Gasteiger partial charge on any atom is -0.478 e. The van der Waals surface area contributed by atoms with Gasteiger partial charge in [-0.15, -0.1) is 11.6 Å². The third-order valence-corrected chi connectivity index (χ3v) is 1.69. The number of carboxylic acids is 1. The van der Waals surface area contributed by atoms with E-state index in [0.717, 1.165) is 6.08 Å². The van der Waals surface area contributed by atoms with Gasteiger partial charge in [0.2, 0.25) is 0 Å². The van der Waals surface area contributed by atoms with Crippen LogP contribution >= 0.6 is 11.6 Å². The average molecular weight is 211 g/mol. The molecule has 78 valence electrons. The molecular weight excluding hydrogens is 196 g/mol. The molecule has 3 N–H and O–H groups in total. The van der Waals surface area contributed by atoms with Gasteiger partial charge in [0.15, 0.2) is 0 Å². The zero-order valence-electron chi connectivity index (χ0n) is 7.48. The molecule has 2 atom stereocenters. The molecule has 4 nitrogen and oxygen atoms in total. The minimum atomic E-state index is -0.981. The maximum absolute atomic E-state index is 9.25. The monoisotopic (exact) mass is 210 g/mol. The molecule has 0 saturated carbocycles. The van der Waals surface area contributed by atoms with Crippen molar-refractivity contribution in [2.24, 2.45) is 0 Å². The third-order valence-electron chi connectivity index (χ3n) is 1.10. The van der Waals surface area contributed by atoms with Crippen molar-refractivity contribution in [3.8, 4) is 0 Å². The summed E-state index contributed by atoms with van der Waals surface area (Å²) >= 11 is 5.51. The van der Waals surface area contributed by atoms with Gasteiger partial charge in [0.05, 0.1) is 11.5 Å². The summed E-state index contributed by atoms with van der Waals surface area (Å²) in [7, 11) is 0. The Balaban J connectivity index is 0. The van der Waals surface area contributed by atoms with Crippen molar-refractivity contribution in [1.29, 1.82) is 0 Å². The third kappa shape index (κ3) is 14.3. The molecule has 0 aromatic rings. The minimum absolute atomic E-state index is 0.0407. The molecule has 13 heavy (non-hydrogen) atoms. The summed E-state index contributed by atoms with van der Waals surface area (Å²) < 4.78 is 0. The second kappa shape index (κ2) is 9.51. The highest BCUT2D eigenvalue weighted by Crippen LogP contribution is 2.05. The van der Waals surface area contributed by atoms with Crippen molar-refractivity contribution in [3.05, 3.63) is 12.7 Å². The van der Waals surface area contributed by atoms with Crippen molar-refractivity contribution in [2.75, 3.05) is 6.61 Å². The molecule has 0 aromatic carbocycles. The maximum Gasteiger partial charge on any atom is 0.327 e. The fraction of sp³-hybridized carbons (Fsp3) is 0.625. The van der Waals surface area contributed by atoms with Crippen molar-refractivity contribution < 1.29 is 20.1 Å². The van der Waals surface area contributed by atoms with Gasteiger partial charge < -0.3 is 15.3 Å². The number of hydrogen-bond acceptors (Lipinski definition) is 3. The van der Waals surface area contributed by atoms with Crippen LogP contribution in [0.4, 0.5) is 0 Å². The van der Waals surface area contributed by atoms with Crippen LogP contribution < -0.4 is 0 Å². The molecule has 0 amide bonds. The molecular formula is C8H15ClO4. The number of aliphatic carboxylic acids is 1. The Morgan fingerprint density at radius 1 is 1.69 bits per heavy atom. The van der Waals surface area contributed by atoms with Crippen molar-refractivity contribution in [3.63, 3.8) is 0 Å². The first kappa shape index (κ1) is 14.9. The number of carbonyl (C=O) groups is 1. The van der Waals surface area contributed by atoms with E-state index in [1.807, 2.05) is 0 Å². The highest BCUT2D eigenvalue weighted by atomic mass is 35.5. The van der Waals surface area contributed by atoms with Gasteiger partial charge >= 0.3 is 5.97 Å². The van der Waals surface area contributed by atoms with Crippen LogP contribution in [0.25, 0.3) is 0 Å². The smallest absolute Gasteiger partial charge is 0.327 e. The summed E-state index contributed by atoms with van der Waals surface area (Å²) in [4.78, 5) is 9.25. The standard InChI is InChI=1S/C5H11ClO2.C3H4O2/c1-4(8)5(6)2-3-7;1-2-3(4)5/h4-5,7-8H,2-3H2,1H3;2H,1H2,(H,4,5). The van der Waals surface area contributed by atoms with Gasteiger partial charge in [0.1, 0.15) is 0 Å². The van der Waals surface area contributed by atoms with Crippen LogP contribution in [-0.4, -0.2) is 39.4 Å². The van der Waals surface area contributed by atoms with Gasteiger partial charge in [0, 0.05) is 12.7 Å². The van der Waals surface area contributed by atoms with E-state index in [0.29, 0.717) is 6.42 Å². The number of hydrogen-bond donors (Lipinski definition) is 3. The molecule has 0 aromatic heterocycles. The Labute approximate surface area is 82.5 Å². The number of halogens is 1. The molecule has 0 rings (SSSR count). The average Bonchev–Trinajstić information content (AvgIpc) is 2.06. The van der Waals surface area contributed by atoms with E-state index in [1.54, 1.807) is 6.92 Å². The fourth-order valence-corrected chi connectivity index (χ4v) is 0.462. The Bertz CT molecular complexity index is 147. The Kier molecular flexibility index (Phi) is 10.9. The zero-order chi connectivity index (χ0) is 10.9. The first-order chi connectivity index (χ1) is 5.95. The predicted octanol–water partition coefficient (Wildman–Crippen LogP) is 0.614. The largest absolute Gasteiger partial charge is 0.478 e. The summed E-state index contributed by atoms with van der Waals surface area (Å²) in [5, 5.41) is 24.3. The summed E-state index contributed by atoms with van der Waals surface area (Å²) in [6.45, 7) is 4.61. The summed E-state index contributed by atoms with van der Waals surface area (Å²) in [5.74, 6) is -0.981. The lowest BCUT2D eigenvalue weighted by Gasteiger charge is -2.08. The maximum atomic E-state index is 9.25.